The lowest BCUT2D eigenvalue weighted by Gasteiger charge is -2.28. The van der Waals surface area contributed by atoms with Gasteiger partial charge in [-0.15, -0.1) is 0 Å². The monoisotopic (exact) mass is 546 g/mol. The van der Waals surface area contributed by atoms with E-state index in [-0.39, 0.29) is 0 Å². The maximum absolute atomic E-state index is 5.21. The molecule has 31 heavy (non-hydrogen) atoms. The number of methoxy groups -OCH3 is 1. The second-order valence-electron chi connectivity index (χ2n) is 7.87. The molecule has 0 unspecified atom stereocenters. The van der Waals surface area contributed by atoms with Crippen molar-refractivity contribution < 1.29 is 4.74 Å². The summed E-state index contributed by atoms with van der Waals surface area (Å²) in [7, 11) is 5.41. The van der Waals surface area contributed by atoms with E-state index in [0.717, 1.165) is 59.2 Å². The van der Waals surface area contributed by atoms with E-state index in [1.165, 1.54) is 0 Å². The number of aromatic nitrogens is 5. The van der Waals surface area contributed by atoms with E-state index in [4.69, 9.17) is 9.72 Å². The molecule has 0 spiro atoms. The minimum atomic E-state index is 0.471. The number of likely N-dealkylation sites (tertiary alicyclic amines) is 1. The fraction of sp³-hybridized carbons (Fsp3) is 0.318. The van der Waals surface area contributed by atoms with Gasteiger partial charge in [0.25, 0.3) is 0 Å². The van der Waals surface area contributed by atoms with Crippen molar-refractivity contribution in [2.24, 2.45) is 0 Å². The largest absolute Gasteiger partial charge is 0.481 e. The number of hydrogen-bond donors (Lipinski definition) is 0. The van der Waals surface area contributed by atoms with Gasteiger partial charge in [-0.05, 0) is 45.1 Å². The van der Waals surface area contributed by atoms with Crippen LogP contribution in [0.25, 0.3) is 33.3 Å². The van der Waals surface area contributed by atoms with Gasteiger partial charge in [-0.3, -0.25) is 8.65 Å². The highest BCUT2D eigenvalue weighted by atomic mass is 127. The lowest BCUT2D eigenvalue weighted by molar-refractivity contribution is 0.212. The average Bonchev–Trinajstić information content (AvgIpc) is 3.44. The Bertz CT molecular complexity index is 1200. The Morgan fingerprint density at radius 2 is 1.84 bits per heavy atom. The first kappa shape index (κ1) is 20.8. The second-order valence-corrected chi connectivity index (χ2v) is 9.58. The summed E-state index contributed by atoms with van der Waals surface area (Å²) in [5.74, 6) is 0.607. The van der Waals surface area contributed by atoms with Gasteiger partial charge in [0.2, 0.25) is 5.88 Å². The smallest absolute Gasteiger partial charge is 0.212 e. The quantitative estimate of drug-likeness (QED) is 0.326. The first-order chi connectivity index (χ1) is 15.2. The van der Waals surface area contributed by atoms with E-state index in [1.54, 1.807) is 16.2 Å². The van der Waals surface area contributed by atoms with Crippen LogP contribution in [0.4, 0.5) is 0 Å². The van der Waals surface area contributed by atoms with Gasteiger partial charge >= 0.3 is 0 Å². The number of ether oxygens (including phenoxy) is 1. The molecule has 0 aromatic carbocycles. The molecule has 1 aliphatic heterocycles. The fourth-order valence-corrected chi connectivity index (χ4v) is 5.38. The van der Waals surface area contributed by atoms with Gasteiger partial charge in [0.15, 0.2) is 5.65 Å². The van der Waals surface area contributed by atoms with E-state index < -0.39 is 0 Å². The van der Waals surface area contributed by atoms with Crippen LogP contribution in [-0.2, 0) is 0 Å². The number of hydrogen-bond acceptors (Lipinski definition) is 6. The van der Waals surface area contributed by atoms with Crippen LogP contribution in [0.2, 0.25) is 0 Å². The van der Waals surface area contributed by atoms with Crippen LogP contribution in [-0.4, -0.2) is 55.9 Å². The average molecular weight is 546 g/mol. The lowest BCUT2D eigenvalue weighted by atomic mass is 10.0. The number of rotatable bonds is 5. The molecular formula is C22H23IN6OS. The summed E-state index contributed by atoms with van der Waals surface area (Å²) >= 11 is 2.28. The number of fused-ring (bicyclic) bond motifs is 1. The zero-order valence-corrected chi connectivity index (χ0v) is 20.4. The Morgan fingerprint density at radius 3 is 2.55 bits per heavy atom. The highest BCUT2D eigenvalue weighted by Crippen LogP contribution is 2.36. The summed E-state index contributed by atoms with van der Waals surface area (Å²) in [6, 6.07) is 6.60. The van der Waals surface area contributed by atoms with Crippen LogP contribution in [0, 0.1) is 0 Å². The summed E-state index contributed by atoms with van der Waals surface area (Å²) in [5, 5.41) is 5.78. The maximum atomic E-state index is 5.21. The van der Waals surface area contributed by atoms with Crippen LogP contribution in [0.1, 0.15) is 18.9 Å². The molecule has 9 heteroatoms. The van der Waals surface area contributed by atoms with Gasteiger partial charge in [0.05, 0.1) is 19.3 Å². The maximum Gasteiger partial charge on any atom is 0.212 e. The van der Waals surface area contributed by atoms with Gasteiger partial charge in [0, 0.05) is 88.8 Å². The standard InChI is InChI=1S/C22H23IN6OS/c1-27-7-5-18(6-8-27)28-13-17(12-26-28)16-9-19-20(14-29(31-23)22(19)25-11-16)15-3-4-21(30-2)24-10-15/h3-4,9-14,18H,5-8H2,1-2H3. The third-order valence-electron chi connectivity index (χ3n) is 5.94. The van der Waals surface area contributed by atoms with Crippen molar-refractivity contribution >= 4 is 41.4 Å². The Morgan fingerprint density at radius 1 is 1.03 bits per heavy atom. The molecule has 4 aromatic heterocycles. The van der Waals surface area contributed by atoms with Crippen LogP contribution in [0.15, 0.2) is 49.2 Å². The van der Waals surface area contributed by atoms with Crippen LogP contribution in [0.3, 0.4) is 0 Å². The molecule has 0 atom stereocenters. The zero-order chi connectivity index (χ0) is 21.4. The Labute approximate surface area is 197 Å². The highest BCUT2D eigenvalue weighted by Gasteiger charge is 2.20. The molecule has 1 saturated heterocycles. The predicted molar refractivity (Wildman–Crippen MR) is 134 cm³/mol. The molecule has 4 aromatic rings. The summed E-state index contributed by atoms with van der Waals surface area (Å²) in [4.78, 5) is 11.5. The topological polar surface area (TPSA) is 61.0 Å². The zero-order valence-electron chi connectivity index (χ0n) is 17.4. The van der Waals surface area contributed by atoms with Crippen molar-refractivity contribution in [3.63, 3.8) is 0 Å². The van der Waals surface area contributed by atoms with Gasteiger partial charge in [-0.25, -0.2) is 9.97 Å². The van der Waals surface area contributed by atoms with Gasteiger partial charge in [-0.1, -0.05) is 0 Å². The molecular weight excluding hydrogens is 523 g/mol. The van der Waals surface area contributed by atoms with E-state index in [9.17, 15) is 0 Å². The SMILES string of the molecule is COc1ccc(-c2cn(SI)c3ncc(-c4cnn(C5CCN(C)CC5)c4)cc23)cn1. The van der Waals surface area contributed by atoms with E-state index >= 15 is 0 Å². The first-order valence-electron chi connectivity index (χ1n) is 10.2. The molecule has 0 saturated carbocycles. The van der Waals surface area contributed by atoms with Crippen molar-refractivity contribution in [1.82, 2.24) is 28.6 Å². The van der Waals surface area contributed by atoms with Gasteiger partial charge in [-0.2, -0.15) is 5.10 Å². The normalized spacial score (nSPS) is 15.6. The highest BCUT2D eigenvalue weighted by molar-refractivity contribution is 14.2. The van der Waals surface area contributed by atoms with Crippen LogP contribution >= 0.6 is 30.3 Å². The molecule has 160 valence electrons. The van der Waals surface area contributed by atoms with E-state index in [2.05, 4.69) is 70.4 Å². The Balaban J connectivity index is 1.52. The summed E-state index contributed by atoms with van der Waals surface area (Å²) < 4.78 is 9.42. The minimum Gasteiger partial charge on any atom is -0.481 e. The van der Waals surface area contributed by atoms with Crippen molar-refractivity contribution in [2.45, 2.75) is 18.9 Å². The summed E-state index contributed by atoms with van der Waals surface area (Å²) in [6.07, 6.45) is 12.3. The van der Waals surface area contributed by atoms with E-state index in [1.807, 2.05) is 30.7 Å². The van der Waals surface area contributed by atoms with Crippen molar-refractivity contribution in [3.8, 4) is 28.1 Å². The van der Waals surface area contributed by atoms with Gasteiger partial charge < -0.3 is 9.64 Å². The van der Waals surface area contributed by atoms with Gasteiger partial charge in [0.1, 0.15) is 0 Å². The second kappa shape index (κ2) is 8.79. The van der Waals surface area contributed by atoms with Crippen molar-refractivity contribution in [2.75, 3.05) is 27.2 Å². The van der Waals surface area contributed by atoms with Crippen molar-refractivity contribution in [1.29, 1.82) is 0 Å². The van der Waals surface area contributed by atoms with E-state index in [0.29, 0.717) is 11.9 Å². The number of nitrogens with zero attached hydrogens (tertiary/aromatic N) is 6. The molecule has 7 nitrogen and oxygen atoms in total. The molecule has 1 aliphatic rings. The summed E-state index contributed by atoms with van der Waals surface area (Å²) in [5.41, 5.74) is 5.26. The Kier molecular flexibility index (Phi) is 5.89. The molecule has 0 aliphatic carbocycles. The molecule has 0 N–H and O–H groups in total. The van der Waals surface area contributed by atoms with Crippen molar-refractivity contribution in [3.05, 3.63) is 49.2 Å². The third-order valence-corrected chi connectivity index (χ3v) is 7.64. The molecule has 0 amide bonds. The molecule has 5 heterocycles. The predicted octanol–water partition coefficient (Wildman–Crippen LogP) is 5.08. The molecule has 0 bridgehead atoms. The third kappa shape index (κ3) is 4.06. The number of pyridine rings is 2. The Hall–Kier alpha value is -2.11. The lowest BCUT2D eigenvalue weighted by Crippen LogP contribution is -2.31. The van der Waals surface area contributed by atoms with Crippen LogP contribution < -0.4 is 4.74 Å². The molecule has 0 radical (unpaired) electrons. The minimum absolute atomic E-state index is 0.471. The van der Waals surface area contributed by atoms with Crippen LogP contribution in [0.5, 0.6) is 5.88 Å². The first-order valence-corrected chi connectivity index (χ1v) is 13.5. The molecule has 5 rings (SSSR count). The number of piperidine rings is 1. The fourth-order valence-electron chi connectivity index (χ4n) is 4.13. The number of halogens is 1. The summed E-state index contributed by atoms with van der Waals surface area (Å²) in [6.45, 7) is 2.24. The molecule has 1 fully saturated rings.